The molecule has 0 spiro atoms. The lowest BCUT2D eigenvalue weighted by molar-refractivity contribution is -0.119. The van der Waals surface area contributed by atoms with Crippen LogP contribution < -0.4 is 24.5 Å². The molecule has 0 aromatic heterocycles. The molecule has 10 nitrogen and oxygen atoms in total. The second kappa shape index (κ2) is 14.6. The molecule has 4 aromatic carbocycles. The lowest BCUT2D eigenvalue weighted by Gasteiger charge is -2.24. The molecule has 0 bridgehead atoms. The number of nitrogens with zero attached hydrogens (tertiary/aromatic N) is 2. The number of benzene rings is 4. The Balaban J connectivity index is 1.36. The van der Waals surface area contributed by atoms with Crippen molar-refractivity contribution in [2.45, 2.75) is 18.7 Å². The number of hydrogen-bond acceptors (Lipinski definition) is 7. The van der Waals surface area contributed by atoms with E-state index in [1.807, 2.05) is 32.0 Å². The zero-order valence-corrected chi connectivity index (χ0v) is 24.6. The lowest BCUT2D eigenvalue weighted by Crippen LogP contribution is -2.39. The number of aryl methyl sites for hydroxylation is 1. The summed E-state index contributed by atoms with van der Waals surface area (Å²) in [5.41, 5.74) is 5.01. The predicted molar refractivity (Wildman–Crippen MR) is 166 cm³/mol. The van der Waals surface area contributed by atoms with Crippen molar-refractivity contribution in [2.75, 3.05) is 29.4 Å². The molecule has 2 amide bonds. The Labute approximate surface area is 251 Å². The van der Waals surface area contributed by atoms with Crippen molar-refractivity contribution in [1.82, 2.24) is 5.43 Å². The molecule has 0 fully saturated rings. The van der Waals surface area contributed by atoms with Gasteiger partial charge in [-0.15, -0.1) is 0 Å². The van der Waals surface area contributed by atoms with Crippen LogP contribution in [0.5, 0.6) is 11.5 Å². The molecule has 2 N–H and O–H groups in total. The number of amides is 2. The molecule has 0 aliphatic rings. The molecule has 0 unspecified atom stereocenters. The van der Waals surface area contributed by atoms with Crippen LogP contribution in [-0.2, 0) is 19.6 Å². The maximum absolute atomic E-state index is 13.6. The van der Waals surface area contributed by atoms with Crippen molar-refractivity contribution in [3.63, 3.8) is 0 Å². The topological polar surface area (TPSA) is 126 Å². The molecule has 0 aliphatic heterocycles. The monoisotopic (exact) mass is 600 g/mol. The van der Waals surface area contributed by atoms with Crippen molar-refractivity contribution in [2.24, 2.45) is 5.10 Å². The molecule has 4 aromatic rings. The van der Waals surface area contributed by atoms with Crippen LogP contribution in [0.3, 0.4) is 0 Å². The van der Waals surface area contributed by atoms with Gasteiger partial charge >= 0.3 is 0 Å². The van der Waals surface area contributed by atoms with Crippen LogP contribution in [-0.4, -0.2) is 46.2 Å². The number of sulfonamides is 1. The third-order valence-corrected chi connectivity index (χ3v) is 7.83. The van der Waals surface area contributed by atoms with Gasteiger partial charge in [0.15, 0.2) is 6.61 Å². The highest BCUT2D eigenvalue weighted by molar-refractivity contribution is 7.92. The van der Waals surface area contributed by atoms with E-state index in [2.05, 4.69) is 15.8 Å². The zero-order valence-electron chi connectivity index (χ0n) is 23.8. The van der Waals surface area contributed by atoms with Gasteiger partial charge in [0.05, 0.1) is 23.4 Å². The SMILES string of the molecule is CCOc1ccc(S(=O)(=O)N(CC(=O)N/N=C\c2ccc(OCC(=O)Nc3ccccc3)cc2)c2ccc(C)cc2)cc1. The summed E-state index contributed by atoms with van der Waals surface area (Å²) in [6.45, 7) is 3.53. The standard InChI is InChI=1S/C32H32N4O6S/c1-3-41-28-17-19-30(20-18-28)43(39,40)36(27-13-9-24(2)10-14-27)22-31(37)35-33-21-25-11-15-29(16-12-25)42-23-32(38)34-26-7-5-4-6-8-26/h4-21H,3,22-23H2,1-2H3,(H,34,38)(H,35,37)/b33-21-. The zero-order chi connectivity index (χ0) is 30.7. The van der Waals surface area contributed by atoms with Crippen molar-refractivity contribution in [1.29, 1.82) is 0 Å². The molecule has 222 valence electrons. The third-order valence-electron chi connectivity index (χ3n) is 6.04. The van der Waals surface area contributed by atoms with Gasteiger partial charge in [0.1, 0.15) is 18.0 Å². The Morgan fingerprint density at radius 1 is 0.814 bits per heavy atom. The first-order chi connectivity index (χ1) is 20.7. The van der Waals surface area contributed by atoms with Crippen LogP contribution in [0.1, 0.15) is 18.1 Å². The molecule has 0 radical (unpaired) electrons. The van der Waals surface area contributed by atoms with Crippen LogP contribution in [0.4, 0.5) is 11.4 Å². The van der Waals surface area contributed by atoms with Crippen molar-refractivity contribution >= 4 is 39.4 Å². The third kappa shape index (κ3) is 8.91. The highest BCUT2D eigenvalue weighted by Gasteiger charge is 2.27. The van der Waals surface area contributed by atoms with E-state index in [0.29, 0.717) is 35.0 Å². The fourth-order valence-corrected chi connectivity index (χ4v) is 5.31. The Morgan fingerprint density at radius 2 is 1.44 bits per heavy atom. The van der Waals surface area contributed by atoms with Gasteiger partial charge in [-0.3, -0.25) is 13.9 Å². The van der Waals surface area contributed by atoms with Gasteiger partial charge in [0.2, 0.25) is 0 Å². The van der Waals surface area contributed by atoms with Crippen molar-refractivity contribution < 1.29 is 27.5 Å². The van der Waals surface area contributed by atoms with Gasteiger partial charge in [-0.2, -0.15) is 5.10 Å². The quantitative estimate of drug-likeness (QED) is 0.168. The molecule has 11 heteroatoms. The van der Waals surface area contributed by atoms with E-state index in [4.69, 9.17) is 9.47 Å². The first kappa shape index (κ1) is 30.8. The second-order valence-corrected chi connectivity index (χ2v) is 11.2. The van der Waals surface area contributed by atoms with Crippen LogP contribution in [0.25, 0.3) is 0 Å². The van der Waals surface area contributed by atoms with E-state index in [0.717, 1.165) is 9.87 Å². The van der Waals surface area contributed by atoms with E-state index in [9.17, 15) is 18.0 Å². The molecule has 0 saturated heterocycles. The van der Waals surface area contributed by atoms with Crippen LogP contribution >= 0.6 is 0 Å². The van der Waals surface area contributed by atoms with E-state index >= 15 is 0 Å². The maximum Gasteiger partial charge on any atom is 0.264 e. The summed E-state index contributed by atoms with van der Waals surface area (Å²) in [6.07, 6.45) is 1.42. The number of carbonyl (C=O) groups excluding carboxylic acids is 2. The average Bonchev–Trinajstić information content (AvgIpc) is 3.01. The number of ether oxygens (including phenoxy) is 2. The Morgan fingerprint density at radius 3 is 2.09 bits per heavy atom. The molecular weight excluding hydrogens is 568 g/mol. The number of rotatable bonds is 13. The molecular formula is C32H32N4O6S. The van der Waals surface area contributed by atoms with E-state index < -0.39 is 22.5 Å². The number of carbonyl (C=O) groups is 2. The van der Waals surface area contributed by atoms with Gasteiger partial charge in [-0.25, -0.2) is 13.8 Å². The van der Waals surface area contributed by atoms with Crippen LogP contribution in [0.15, 0.2) is 113 Å². The summed E-state index contributed by atoms with van der Waals surface area (Å²) in [5, 5.41) is 6.71. The molecule has 0 heterocycles. The maximum atomic E-state index is 13.6. The van der Waals surface area contributed by atoms with Crippen LogP contribution in [0, 0.1) is 6.92 Å². The molecule has 43 heavy (non-hydrogen) atoms. The highest BCUT2D eigenvalue weighted by atomic mass is 32.2. The molecule has 0 saturated carbocycles. The van der Waals surface area contributed by atoms with E-state index in [1.54, 1.807) is 72.8 Å². The van der Waals surface area contributed by atoms with Gasteiger partial charge in [-0.05, 0) is 92.2 Å². The Bertz CT molecular complexity index is 1640. The number of nitrogens with one attached hydrogen (secondary N) is 2. The Hall–Kier alpha value is -5.16. The van der Waals surface area contributed by atoms with E-state index in [1.165, 1.54) is 18.3 Å². The first-order valence-electron chi connectivity index (χ1n) is 13.5. The minimum atomic E-state index is -4.08. The van der Waals surface area contributed by atoms with Crippen molar-refractivity contribution in [3.05, 3.63) is 114 Å². The lowest BCUT2D eigenvalue weighted by atomic mass is 10.2. The van der Waals surface area contributed by atoms with E-state index in [-0.39, 0.29) is 17.4 Å². The van der Waals surface area contributed by atoms with Crippen LogP contribution in [0.2, 0.25) is 0 Å². The smallest absolute Gasteiger partial charge is 0.264 e. The first-order valence-corrected chi connectivity index (χ1v) is 14.9. The minimum absolute atomic E-state index is 0.0210. The number of hydrogen-bond donors (Lipinski definition) is 2. The average molecular weight is 601 g/mol. The normalized spacial score (nSPS) is 11.1. The predicted octanol–water partition coefficient (Wildman–Crippen LogP) is 4.76. The second-order valence-electron chi connectivity index (χ2n) is 9.32. The molecule has 4 rings (SSSR count). The number of hydrazone groups is 1. The summed E-state index contributed by atoms with van der Waals surface area (Å²) in [4.78, 5) is 24.9. The van der Waals surface area contributed by atoms with Gasteiger partial charge in [0, 0.05) is 5.69 Å². The summed E-state index contributed by atoms with van der Waals surface area (Å²) >= 11 is 0. The molecule has 0 atom stereocenters. The summed E-state index contributed by atoms with van der Waals surface area (Å²) < 4.78 is 39.1. The van der Waals surface area contributed by atoms with Crippen molar-refractivity contribution in [3.8, 4) is 11.5 Å². The number of para-hydroxylation sites is 1. The fourth-order valence-electron chi connectivity index (χ4n) is 3.89. The van der Waals surface area contributed by atoms with Gasteiger partial charge < -0.3 is 14.8 Å². The number of anilines is 2. The summed E-state index contributed by atoms with van der Waals surface area (Å²) in [7, 11) is -4.08. The summed E-state index contributed by atoms with van der Waals surface area (Å²) in [5.74, 6) is 0.112. The minimum Gasteiger partial charge on any atom is -0.494 e. The van der Waals surface area contributed by atoms with Gasteiger partial charge in [0.25, 0.3) is 21.8 Å². The highest BCUT2D eigenvalue weighted by Crippen LogP contribution is 2.25. The summed E-state index contributed by atoms with van der Waals surface area (Å²) in [6, 6.07) is 28.7. The largest absolute Gasteiger partial charge is 0.494 e. The fraction of sp³-hybridized carbons (Fsp3) is 0.156. The van der Waals surface area contributed by atoms with Gasteiger partial charge in [-0.1, -0.05) is 35.9 Å². The molecule has 0 aliphatic carbocycles. The Kier molecular flexibility index (Phi) is 10.5.